The zero-order valence-electron chi connectivity index (χ0n) is 24.3. The predicted octanol–water partition coefficient (Wildman–Crippen LogP) is 3.21. The molecule has 40 heavy (non-hydrogen) atoms. The number of carbonyl (C=O) groups excluding carboxylic acids is 3. The lowest BCUT2D eigenvalue weighted by Gasteiger charge is -2.56. The molecule has 220 valence electrons. The van der Waals surface area contributed by atoms with E-state index in [-0.39, 0.29) is 31.1 Å². The molecule has 0 aromatic heterocycles. The molecule has 0 fully saturated rings. The second-order valence-corrected chi connectivity index (χ2v) is 11.0. The van der Waals surface area contributed by atoms with Crippen LogP contribution in [0.3, 0.4) is 0 Å². The Bertz CT molecular complexity index is 1180. The molecule has 10 nitrogen and oxygen atoms in total. The highest BCUT2D eigenvalue weighted by molar-refractivity contribution is 5.82. The highest BCUT2D eigenvalue weighted by Crippen LogP contribution is 2.62. The van der Waals surface area contributed by atoms with E-state index in [0.29, 0.717) is 24.5 Å². The summed E-state index contributed by atoms with van der Waals surface area (Å²) >= 11 is 0. The van der Waals surface area contributed by atoms with Crippen LogP contribution in [0.25, 0.3) is 0 Å². The Morgan fingerprint density at radius 3 is 2.60 bits per heavy atom. The fourth-order valence-corrected chi connectivity index (χ4v) is 6.15. The monoisotopic (exact) mass is 559 g/mol. The first-order chi connectivity index (χ1) is 19.0. The summed E-state index contributed by atoms with van der Waals surface area (Å²) in [7, 11) is 3.55. The Hall–Kier alpha value is -3.11. The van der Waals surface area contributed by atoms with Crippen LogP contribution in [-0.2, 0) is 40.4 Å². The molecule has 5 atom stereocenters. The number of methoxy groups -OCH3 is 1. The van der Waals surface area contributed by atoms with Crippen LogP contribution in [-0.4, -0.2) is 79.1 Å². The zero-order chi connectivity index (χ0) is 29.2. The predicted molar refractivity (Wildman–Crippen MR) is 145 cm³/mol. The van der Waals surface area contributed by atoms with Gasteiger partial charge in [0, 0.05) is 18.0 Å². The summed E-state index contributed by atoms with van der Waals surface area (Å²) < 4.78 is 28.1. The van der Waals surface area contributed by atoms with E-state index < -0.39 is 41.1 Å². The molecule has 0 spiro atoms. The first-order valence-electron chi connectivity index (χ1n) is 14.1. The third-order valence-electron chi connectivity index (χ3n) is 8.63. The number of benzene rings is 1. The van der Waals surface area contributed by atoms with E-state index >= 15 is 0 Å². The van der Waals surface area contributed by atoms with Crippen molar-refractivity contribution in [2.75, 3.05) is 27.3 Å². The SMILES string of the molecule is CCCCOC(=O)CCC(=O)O[C@@H](C)C(=O)OC1=CC[C@@]2(O)[C@H](N(C)CC)Cc3ccc(OC)c4c3[C@@]2(C)[C@H]1O4. The number of unbranched alkanes of at least 4 members (excludes halogenated alkanes) is 1. The summed E-state index contributed by atoms with van der Waals surface area (Å²) in [5, 5.41) is 12.3. The fraction of sp³-hybridized carbons (Fsp3) is 0.633. The van der Waals surface area contributed by atoms with Crippen LogP contribution in [0, 0.1) is 0 Å². The van der Waals surface area contributed by atoms with Crippen LogP contribution >= 0.6 is 0 Å². The number of likely N-dealkylation sites (N-methyl/N-ethyl adjacent to an activating group) is 1. The van der Waals surface area contributed by atoms with Gasteiger partial charge in [0.2, 0.25) is 0 Å². The zero-order valence-corrected chi connectivity index (χ0v) is 24.3. The molecule has 0 radical (unpaired) electrons. The van der Waals surface area contributed by atoms with Crippen molar-refractivity contribution in [3.8, 4) is 11.5 Å². The Morgan fingerprint density at radius 2 is 1.93 bits per heavy atom. The Morgan fingerprint density at radius 1 is 1.20 bits per heavy atom. The van der Waals surface area contributed by atoms with Gasteiger partial charge in [-0.2, -0.15) is 0 Å². The smallest absolute Gasteiger partial charge is 0.352 e. The Kier molecular flexibility index (Phi) is 8.80. The van der Waals surface area contributed by atoms with Crippen molar-refractivity contribution in [2.24, 2.45) is 0 Å². The van der Waals surface area contributed by atoms with E-state index in [9.17, 15) is 19.5 Å². The topological polar surface area (TPSA) is 121 Å². The minimum absolute atomic E-state index is 0.127. The molecular weight excluding hydrogens is 518 g/mol. The van der Waals surface area contributed by atoms with Gasteiger partial charge in [-0.25, -0.2) is 4.79 Å². The molecule has 0 saturated carbocycles. The van der Waals surface area contributed by atoms with Gasteiger partial charge < -0.3 is 33.7 Å². The lowest BCUT2D eigenvalue weighted by Crippen LogP contribution is -2.69. The van der Waals surface area contributed by atoms with Gasteiger partial charge in [0.1, 0.15) is 5.76 Å². The molecule has 10 heteroatoms. The van der Waals surface area contributed by atoms with Crippen molar-refractivity contribution in [2.45, 2.75) is 95.5 Å². The van der Waals surface area contributed by atoms with Gasteiger partial charge in [0.25, 0.3) is 0 Å². The Labute approximate surface area is 235 Å². The van der Waals surface area contributed by atoms with E-state index in [1.807, 2.05) is 40.0 Å². The van der Waals surface area contributed by atoms with E-state index in [1.54, 1.807) is 13.2 Å². The van der Waals surface area contributed by atoms with Crippen LogP contribution in [0.5, 0.6) is 11.5 Å². The van der Waals surface area contributed by atoms with Crippen molar-refractivity contribution < 1.29 is 43.2 Å². The lowest BCUT2D eigenvalue weighted by molar-refractivity contribution is -0.168. The van der Waals surface area contributed by atoms with Crippen LogP contribution in [0.15, 0.2) is 24.0 Å². The molecule has 2 aliphatic carbocycles. The van der Waals surface area contributed by atoms with Gasteiger partial charge in [-0.3, -0.25) is 9.59 Å². The summed E-state index contributed by atoms with van der Waals surface area (Å²) in [4.78, 5) is 39.2. The summed E-state index contributed by atoms with van der Waals surface area (Å²) in [6, 6.07) is 3.68. The first-order valence-corrected chi connectivity index (χ1v) is 14.1. The second-order valence-electron chi connectivity index (χ2n) is 11.0. The minimum atomic E-state index is -1.21. The van der Waals surface area contributed by atoms with Crippen molar-refractivity contribution in [3.05, 3.63) is 35.1 Å². The highest BCUT2D eigenvalue weighted by Gasteiger charge is 2.68. The number of ether oxygens (including phenoxy) is 5. The maximum absolute atomic E-state index is 13.0. The highest BCUT2D eigenvalue weighted by atomic mass is 16.6. The molecule has 1 aliphatic heterocycles. The molecule has 0 bridgehead atoms. The number of esters is 3. The van der Waals surface area contributed by atoms with Crippen molar-refractivity contribution >= 4 is 17.9 Å². The average Bonchev–Trinajstić information content (AvgIpc) is 3.27. The number of rotatable bonds is 12. The van der Waals surface area contributed by atoms with Crippen molar-refractivity contribution in [1.29, 1.82) is 0 Å². The second kappa shape index (κ2) is 11.8. The summed E-state index contributed by atoms with van der Waals surface area (Å²) in [5.41, 5.74) is -0.209. The number of hydrogen-bond donors (Lipinski definition) is 1. The number of hydrogen-bond acceptors (Lipinski definition) is 10. The molecule has 1 heterocycles. The quantitative estimate of drug-likeness (QED) is 0.232. The minimum Gasteiger partial charge on any atom is -0.493 e. The molecule has 3 aliphatic rings. The molecular formula is C30H41NO9. The maximum atomic E-state index is 13.0. The van der Waals surface area contributed by atoms with E-state index in [1.165, 1.54) is 6.92 Å². The number of carbonyl (C=O) groups is 3. The van der Waals surface area contributed by atoms with Gasteiger partial charge in [-0.15, -0.1) is 0 Å². The normalized spacial score (nSPS) is 26.8. The summed E-state index contributed by atoms with van der Waals surface area (Å²) in [6.07, 6.45) is 1.89. The third-order valence-corrected chi connectivity index (χ3v) is 8.63. The van der Waals surface area contributed by atoms with E-state index in [4.69, 9.17) is 23.7 Å². The number of aliphatic hydroxyl groups is 1. The van der Waals surface area contributed by atoms with Crippen LogP contribution < -0.4 is 9.47 Å². The van der Waals surface area contributed by atoms with Gasteiger partial charge >= 0.3 is 17.9 Å². The third kappa shape index (κ3) is 5.07. The maximum Gasteiger partial charge on any atom is 0.352 e. The molecule has 1 aromatic carbocycles. The molecule has 1 aromatic rings. The van der Waals surface area contributed by atoms with Crippen LogP contribution in [0.4, 0.5) is 0 Å². The van der Waals surface area contributed by atoms with Gasteiger partial charge in [-0.1, -0.05) is 26.3 Å². The first kappa shape index (κ1) is 29.9. The number of nitrogens with zero attached hydrogens (tertiary/aromatic N) is 1. The largest absolute Gasteiger partial charge is 0.493 e. The van der Waals surface area contributed by atoms with Gasteiger partial charge in [0.15, 0.2) is 23.7 Å². The van der Waals surface area contributed by atoms with Crippen molar-refractivity contribution in [3.63, 3.8) is 0 Å². The lowest BCUT2D eigenvalue weighted by atomic mass is 9.54. The van der Waals surface area contributed by atoms with Crippen molar-refractivity contribution in [1.82, 2.24) is 4.90 Å². The molecule has 1 N–H and O–H groups in total. The van der Waals surface area contributed by atoms with Gasteiger partial charge in [0.05, 0.1) is 37.6 Å². The molecule has 0 amide bonds. The summed E-state index contributed by atoms with van der Waals surface area (Å²) in [5.74, 6) is -0.626. The summed E-state index contributed by atoms with van der Waals surface area (Å²) in [6.45, 7) is 8.46. The average molecular weight is 560 g/mol. The fourth-order valence-electron chi connectivity index (χ4n) is 6.15. The standard InChI is InChI=1S/C30H41NO9/c1-7-9-16-37-23(32)12-13-24(33)38-18(3)28(34)39-21-14-15-30(35)22(31(5)8-2)17-19-10-11-20(36-6)26-25(19)29(30,4)27(21)40-26/h10-11,14,18,22,27,35H,7-9,12-13,15-17H2,1-6H3/t18-,22+,27-,29-,30+/m0/s1. The van der Waals surface area contributed by atoms with E-state index in [0.717, 1.165) is 30.5 Å². The molecule has 0 unspecified atom stereocenters. The van der Waals surface area contributed by atoms with Crippen LogP contribution in [0.1, 0.15) is 70.9 Å². The van der Waals surface area contributed by atoms with E-state index in [2.05, 4.69) is 4.90 Å². The van der Waals surface area contributed by atoms with Gasteiger partial charge in [-0.05, 0) is 58.0 Å². The molecule has 4 rings (SSSR count). The Balaban J connectivity index is 1.51. The van der Waals surface area contributed by atoms with Crippen LogP contribution in [0.2, 0.25) is 0 Å². The molecule has 0 saturated heterocycles.